The summed E-state index contributed by atoms with van der Waals surface area (Å²) in [6, 6.07) is -0.770. The first kappa shape index (κ1) is 27.2. The molecule has 0 saturated carbocycles. The van der Waals surface area contributed by atoms with E-state index >= 15 is 0 Å². The Morgan fingerprint density at radius 2 is 1.94 bits per heavy atom. The Morgan fingerprint density at radius 1 is 1.27 bits per heavy atom. The fraction of sp³-hybridized carbons (Fsp3) is 0.739. The van der Waals surface area contributed by atoms with Crippen LogP contribution >= 0.6 is 11.3 Å². The summed E-state index contributed by atoms with van der Waals surface area (Å²) in [6.45, 7) is 8.72. The van der Waals surface area contributed by atoms with E-state index in [0.717, 1.165) is 30.7 Å². The topological polar surface area (TPSA) is 123 Å². The third-order valence-electron chi connectivity index (χ3n) is 6.45. The van der Waals surface area contributed by atoms with Crippen LogP contribution in [0.15, 0.2) is 5.38 Å². The monoisotopic (exact) mass is 482 g/mol. The normalized spacial score (nSPS) is 19.5. The summed E-state index contributed by atoms with van der Waals surface area (Å²) in [5.74, 6) is -1.53. The molecular weight excluding hydrogens is 444 g/mol. The molecule has 1 aromatic heterocycles. The van der Waals surface area contributed by atoms with E-state index in [1.165, 1.54) is 5.38 Å². The smallest absolute Gasteiger partial charge is 0.355 e. The molecule has 0 aromatic carbocycles. The zero-order chi connectivity index (χ0) is 24.9. The molecule has 4 atom stereocenters. The summed E-state index contributed by atoms with van der Waals surface area (Å²) in [6.07, 6.45) is 1.67. The molecule has 0 unspecified atom stereocenters. The van der Waals surface area contributed by atoms with Crippen LogP contribution in [0.25, 0.3) is 0 Å². The van der Waals surface area contributed by atoms with Crippen LogP contribution in [0, 0.1) is 11.8 Å². The SMILES string of the molecule is CC(C)[C@H](NC(=O)C[C@H]1CCCN1C)C(=O)N(C)[C@H](C[C@@H](O)c1nc(C(=O)O)cs1)C(C)C. The quantitative estimate of drug-likeness (QED) is 0.442. The number of carboxylic acids is 1. The number of likely N-dealkylation sites (tertiary alicyclic amines) is 1. The number of aliphatic hydroxyl groups excluding tert-OH is 1. The average molecular weight is 483 g/mol. The minimum absolute atomic E-state index is 0.0307. The standard InChI is InChI=1S/C23H38N4O5S/c1-13(2)17(11-18(28)21-24-16(12-33-21)23(31)32)27(6)22(30)20(14(3)4)25-19(29)10-15-8-7-9-26(15)5/h12-15,17-18,20,28H,7-11H2,1-6H3,(H,25,29)(H,31,32)/t15-,17-,18-,20+/m1/s1. The molecular formula is C23H38N4O5S. The molecule has 2 amide bonds. The number of aromatic carboxylic acids is 1. The van der Waals surface area contributed by atoms with Crippen LogP contribution in [0.4, 0.5) is 0 Å². The average Bonchev–Trinajstić information content (AvgIpc) is 3.38. The number of carbonyl (C=O) groups excluding carboxylic acids is 2. The molecule has 10 heteroatoms. The fourth-order valence-electron chi connectivity index (χ4n) is 4.33. The first-order valence-electron chi connectivity index (χ1n) is 11.5. The molecule has 0 radical (unpaired) electrons. The third-order valence-corrected chi connectivity index (χ3v) is 7.39. The van der Waals surface area contributed by atoms with Crippen molar-refractivity contribution in [3.8, 4) is 0 Å². The number of hydrogen-bond donors (Lipinski definition) is 3. The maximum absolute atomic E-state index is 13.4. The Bertz CT molecular complexity index is 828. The van der Waals surface area contributed by atoms with Gasteiger partial charge in [-0.15, -0.1) is 11.3 Å². The molecule has 1 aromatic rings. The molecule has 1 aliphatic heterocycles. The highest BCUT2D eigenvalue weighted by molar-refractivity contribution is 7.09. The summed E-state index contributed by atoms with van der Waals surface area (Å²) < 4.78 is 0. The van der Waals surface area contributed by atoms with Crippen LogP contribution < -0.4 is 5.32 Å². The Hall–Kier alpha value is -2.04. The Morgan fingerprint density at radius 3 is 2.42 bits per heavy atom. The molecule has 2 rings (SSSR count). The third kappa shape index (κ3) is 7.22. The minimum Gasteiger partial charge on any atom is -0.476 e. The van der Waals surface area contributed by atoms with Crippen molar-refractivity contribution in [3.63, 3.8) is 0 Å². The summed E-state index contributed by atoms with van der Waals surface area (Å²) in [5.41, 5.74) is -0.102. The highest BCUT2D eigenvalue weighted by atomic mass is 32.1. The fourth-order valence-corrected chi connectivity index (χ4v) is 5.12. The van der Waals surface area contributed by atoms with E-state index in [2.05, 4.69) is 15.2 Å². The van der Waals surface area contributed by atoms with Crippen LogP contribution in [0.3, 0.4) is 0 Å². The number of thiazole rings is 1. The number of aliphatic hydroxyl groups is 1. The van der Waals surface area contributed by atoms with Gasteiger partial charge in [-0.1, -0.05) is 27.7 Å². The van der Waals surface area contributed by atoms with Crippen molar-refractivity contribution in [2.75, 3.05) is 20.6 Å². The van der Waals surface area contributed by atoms with E-state index in [1.54, 1.807) is 11.9 Å². The Kier molecular flexibility index (Phi) is 9.81. The molecule has 9 nitrogen and oxygen atoms in total. The van der Waals surface area contributed by atoms with Gasteiger partial charge in [-0.2, -0.15) is 0 Å². The van der Waals surface area contributed by atoms with Crippen molar-refractivity contribution in [1.82, 2.24) is 20.1 Å². The number of carboxylic acid groups (broad SMARTS) is 1. The van der Waals surface area contributed by atoms with Gasteiger partial charge in [0, 0.05) is 37.4 Å². The summed E-state index contributed by atoms with van der Waals surface area (Å²) in [5, 5.41) is 24.4. The summed E-state index contributed by atoms with van der Waals surface area (Å²) in [7, 11) is 3.71. The molecule has 3 N–H and O–H groups in total. The van der Waals surface area contributed by atoms with Crippen molar-refractivity contribution in [3.05, 3.63) is 16.1 Å². The van der Waals surface area contributed by atoms with Gasteiger partial charge >= 0.3 is 5.97 Å². The zero-order valence-corrected chi connectivity index (χ0v) is 21.3. The Balaban J connectivity index is 2.08. The van der Waals surface area contributed by atoms with Gasteiger partial charge in [0.15, 0.2) is 5.69 Å². The van der Waals surface area contributed by atoms with Gasteiger partial charge in [-0.3, -0.25) is 9.59 Å². The molecule has 1 aliphatic rings. The van der Waals surface area contributed by atoms with E-state index in [0.29, 0.717) is 11.4 Å². The van der Waals surface area contributed by atoms with E-state index in [-0.39, 0.29) is 47.8 Å². The highest BCUT2D eigenvalue weighted by Gasteiger charge is 2.34. The first-order chi connectivity index (χ1) is 15.4. The molecule has 1 fully saturated rings. The Labute approximate surface area is 200 Å². The van der Waals surface area contributed by atoms with Crippen molar-refractivity contribution in [2.24, 2.45) is 11.8 Å². The predicted octanol–water partition coefficient (Wildman–Crippen LogP) is 2.37. The first-order valence-corrected chi connectivity index (χ1v) is 12.4. The van der Waals surface area contributed by atoms with E-state index in [4.69, 9.17) is 5.11 Å². The molecule has 2 heterocycles. The number of nitrogens with one attached hydrogen (secondary N) is 1. The van der Waals surface area contributed by atoms with Gasteiger partial charge in [-0.05, 0) is 38.3 Å². The van der Waals surface area contributed by atoms with Crippen LogP contribution in [0.1, 0.15) is 75.0 Å². The largest absolute Gasteiger partial charge is 0.476 e. The zero-order valence-electron chi connectivity index (χ0n) is 20.4. The van der Waals surface area contributed by atoms with Gasteiger partial charge in [0.05, 0.1) is 0 Å². The van der Waals surface area contributed by atoms with Crippen LogP contribution in [0.2, 0.25) is 0 Å². The van der Waals surface area contributed by atoms with Gasteiger partial charge in [0.2, 0.25) is 11.8 Å². The number of carbonyl (C=O) groups is 3. The predicted molar refractivity (Wildman–Crippen MR) is 127 cm³/mol. The molecule has 33 heavy (non-hydrogen) atoms. The lowest BCUT2D eigenvalue weighted by molar-refractivity contribution is -0.140. The molecule has 0 spiro atoms. The lowest BCUT2D eigenvalue weighted by Gasteiger charge is -2.36. The number of likely N-dealkylation sites (N-methyl/N-ethyl adjacent to an activating group) is 1. The second-order valence-electron chi connectivity index (χ2n) is 9.66. The van der Waals surface area contributed by atoms with Gasteiger partial charge in [-0.25, -0.2) is 9.78 Å². The number of nitrogens with zero attached hydrogens (tertiary/aromatic N) is 3. The van der Waals surface area contributed by atoms with Gasteiger partial charge in [0.1, 0.15) is 17.2 Å². The van der Waals surface area contributed by atoms with Crippen molar-refractivity contribution in [1.29, 1.82) is 0 Å². The van der Waals surface area contributed by atoms with Crippen LogP contribution in [-0.2, 0) is 9.59 Å². The van der Waals surface area contributed by atoms with Crippen LogP contribution in [0.5, 0.6) is 0 Å². The maximum atomic E-state index is 13.4. The molecule has 0 aliphatic carbocycles. The molecule has 0 bridgehead atoms. The second-order valence-corrected chi connectivity index (χ2v) is 10.5. The van der Waals surface area contributed by atoms with E-state index < -0.39 is 18.1 Å². The number of aromatic nitrogens is 1. The van der Waals surface area contributed by atoms with Gasteiger partial charge < -0.3 is 25.3 Å². The van der Waals surface area contributed by atoms with Crippen molar-refractivity contribution >= 4 is 29.1 Å². The summed E-state index contributed by atoms with van der Waals surface area (Å²) in [4.78, 5) is 45.0. The second kappa shape index (κ2) is 11.9. The van der Waals surface area contributed by atoms with Crippen molar-refractivity contribution in [2.45, 2.75) is 77.6 Å². The van der Waals surface area contributed by atoms with Crippen LogP contribution in [-0.4, -0.2) is 81.5 Å². The molecule has 1 saturated heterocycles. The lowest BCUT2D eigenvalue weighted by Crippen LogP contribution is -2.54. The summed E-state index contributed by atoms with van der Waals surface area (Å²) >= 11 is 1.09. The number of rotatable bonds is 11. The number of hydrogen-bond acceptors (Lipinski definition) is 7. The lowest BCUT2D eigenvalue weighted by atomic mass is 9.94. The minimum atomic E-state index is -1.14. The highest BCUT2D eigenvalue weighted by Crippen LogP contribution is 2.27. The molecule has 186 valence electrons. The number of amides is 2. The van der Waals surface area contributed by atoms with E-state index in [9.17, 15) is 19.5 Å². The maximum Gasteiger partial charge on any atom is 0.355 e. The van der Waals surface area contributed by atoms with Crippen molar-refractivity contribution < 1.29 is 24.6 Å². The van der Waals surface area contributed by atoms with Gasteiger partial charge in [0.25, 0.3) is 0 Å². The van der Waals surface area contributed by atoms with E-state index in [1.807, 2.05) is 34.7 Å².